The zero-order valence-electron chi connectivity index (χ0n) is 14.9. The average molecular weight is 374 g/mol. The van der Waals surface area contributed by atoms with E-state index in [1.54, 1.807) is 12.1 Å². The fourth-order valence-corrected chi connectivity index (χ4v) is 3.28. The topological polar surface area (TPSA) is 67.6 Å². The number of carbonyl (C=O) groups is 1. The van der Waals surface area contributed by atoms with Crippen molar-refractivity contribution < 1.29 is 9.53 Å². The number of rotatable bonds is 6. The monoisotopic (exact) mass is 373 g/mol. The van der Waals surface area contributed by atoms with Crippen molar-refractivity contribution in [2.45, 2.75) is 13.3 Å². The molecule has 0 aromatic heterocycles. The number of ether oxygens (including phenoxy) is 1. The van der Waals surface area contributed by atoms with Gasteiger partial charge in [-0.1, -0.05) is 24.6 Å². The molecule has 1 fully saturated rings. The van der Waals surface area contributed by atoms with Crippen molar-refractivity contribution in [1.29, 1.82) is 0 Å². The zero-order valence-corrected chi connectivity index (χ0v) is 15.6. The number of nitrogens with zero attached hydrogens (tertiary/aromatic N) is 1. The van der Waals surface area contributed by atoms with Gasteiger partial charge in [0.15, 0.2) is 0 Å². The minimum Gasteiger partial charge on any atom is -0.457 e. The van der Waals surface area contributed by atoms with Gasteiger partial charge in [0.25, 0.3) is 0 Å². The molecule has 1 heterocycles. The molecule has 3 rings (SSSR count). The fraction of sp³-hybridized carbons (Fsp3) is 0.350. The van der Waals surface area contributed by atoms with Gasteiger partial charge in [-0.3, -0.25) is 9.69 Å². The molecule has 2 aromatic rings. The maximum absolute atomic E-state index is 12.3. The van der Waals surface area contributed by atoms with Crippen molar-refractivity contribution in [3.05, 3.63) is 53.6 Å². The van der Waals surface area contributed by atoms with Gasteiger partial charge < -0.3 is 15.8 Å². The quantitative estimate of drug-likeness (QED) is 0.809. The maximum atomic E-state index is 12.3. The Balaban J connectivity index is 1.52. The number of benzene rings is 2. The molecule has 1 amide bonds. The molecule has 1 unspecified atom stereocenters. The van der Waals surface area contributed by atoms with E-state index in [2.05, 4.69) is 17.1 Å². The zero-order chi connectivity index (χ0) is 18.6. The summed E-state index contributed by atoms with van der Waals surface area (Å²) < 4.78 is 5.74. The molecule has 1 aliphatic rings. The molecule has 0 radical (unpaired) electrons. The first-order chi connectivity index (χ1) is 12.5. The highest BCUT2D eigenvalue weighted by molar-refractivity contribution is 6.30. The summed E-state index contributed by atoms with van der Waals surface area (Å²) in [6.07, 6.45) is 1.03. The minimum absolute atomic E-state index is 0.0187. The summed E-state index contributed by atoms with van der Waals surface area (Å²) in [5.74, 6) is 1.34. The summed E-state index contributed by atoms with van der Waals surface area (Å²) in [7, 11) is 0. The van der Waals surface area contributed by atoms with Gasteiger partial charge in [0, 0.05) is 17.3 Å². The van der Waals surface area contributed by atoms with Gasteiger partial charge in [-0.05, 0) is 67.4 Å². The molecule has 26 heavy (non-hydrogen) atoms. The third kappa shape index (κ3) is 4.97. The standard InChI is InChI=1S/C20H24ClN3O2/c1-20(13-22)9-10-24(14-20)12-19(25)23-16-5-7-17(8-6-16)26-18-4-2-3-15(21)11-18/h2-8,11H,9-10,12-14,22H2,1H3,(H,23,25). The van der Waals surface area contributed by atoms with E-state index < -0.39 is 0 Å². The third-order valence-electron chi connectivity index (χ3n) is 4.67. The Morgan fingerprint density at radius 3 is 2.69 bits per heavy atom. The lowest BCUT2D eigenvalue weighted by molar-refractivity contribution is -0.117. The highest BCUT2D eigenvalue weighted by atomic mass is 35.5. The number of amides is 1. The number of likely N-dealkylation sites (tertiary alicyclic amines) is 1. The number of halogens is 1. The van der Waals surface area contributed by atoms with Crippen LogP contribution >= 0.6 is 11.6 Å². The Labute approximate surface area is 159 Å². The van der Waals surface area contributed by atoms with Gasteiger partial charge in [0.1, 0.15) is 11.5 Å². The van der Waals surface area contributed by atoms with Crippen molar-refractivity contribution >= 4 is 23.2 Å². The van der Waals surface area contributed by atoms with Crippen LogP contribution in [0.2, 0.25) is 5.02 Å². The highest BCUT2D eigenvalue weighted by Crippen LogP contribution is 2.28. The Bertz CT molecular complexity index is 766. The molecule has 1 aliphatic heterocycles. The predicted molar refractivity (Wildman–Crippen MR) is 105 cm³/mol. The SMILES string of the molecule is CC1(CN)CCN(CC(=O)Nc2ccc(Oc3cccc(Cl)c3)cc2)C1. The van der Waals surface area contributed by atoms with Crippen LogP contribution in [0.25, 0.3) is 0 Å². The molecule has 1 atom stereocenters. The van der Waals surface area contributed by atoms with Crippen molar-refractivity contribution in [3.8, 4) is 11.5 Å². The van der Waals surface area contributed by atoms with E-state index in [1.165, 1.54) is 0 Å². The molecule has 5 nitrogen and oxygen atoms in total. The summed E-state index contributed by atoms with van der Waals surface area (Å²) in [5.41, 5.74) is 6.69. The number of carbonyl (C=O) groups excluding carboxylic acids is 1. The summed E-state index contributed by atoms with van der Waals surface area (Å²) in [4.78, 5) is 14.4. The van der Waals surface area contributed by atoms with Gasteiger partial charge >= 0.3 is 0 Å². The molecule has 0 bridgehead atoms. The summed E-state index contributed by atoms with van der Waals surface area (Å²) >= 11 is 5.95. The fourth-order valence-electron chi connectivity index (χ4n) is 3.10. The van der Waals surface area contributed by atoms with E-state index in [0.717, 1.165) is 25.2 Å². The van der Waals surface area contributed by atoms with Gasteiger partial charge in [-0.15, -0.1) is 0 Å². The van der Waals surface area contributed by atoms with E-state index in [9.17, 15) is 4.79 Å². The van der Waals surface area contributed by atoms with E-state index in [1.807, 2.05) is 36.4 Å². The molecule has 0 aliphatic carbocycles. The first-order valence-corrected chi connectivity index (χ1v) is 9.09. The number of hydrogen-bond donors (Lipinski definition) is 2. The highest BCUT2D eigenvalue weighted by Gasteiger charge is 2.33. The van der Waals surface area contributed by atoms with Crippen LogP contribution in [0.1, 0.15) is 13.3 Å². The number of anilines is 1. The Hall–Kier alpha value is -2.08. The Morgan fingerprint density at radius 2 is 2.04 bits per heavy atom. The van der Waals surface area contributed by atoms with Gasteiger partial charge in [-0.2, -0.15) is 0 Å². The number of nitrogens with two attached hydrogens (primary N) is 1. The van der Waals surface area contributed by atoms with E-state index in [4.69, 9.17) is 22.1 Å². The first-order valence-electron chi connectivity index (χ1n) is 8.72. The van der Waals surface area contributed by atoms with Crippen LogP contribution in [0.4, 0.5) is 5.69 Å². The van der Waals surface area contributed by atoms with Crippen LogP contribution in [-0.4, -0.2) is 37.0 Å². The lowest BCUT2D eigenvalue weighted by Crippen LogP contribution is -2.35. The van der Waals surface area contributed by atoms with Crippen LogP contribution in [0.15, 0.2) is 48.5 Å². The van der Waals surface area contributed by atoms with Crippen molar-refractivity contribution in [1.82, 2.24) is 4.90 Å². The van der Waals surface area contributed by atoms with Crippen molar-refractivity contribution in [2.24, 2.45) is 11.1 Å². The second kappa shape index (κ2) is 8.08. The van der Waals surface area contributed by atoms with Crippen molar-refractivity contribution in [2.75, 3.05) is 31.5 Å². The summed E-state index contributed by atoms with van der Waals surface area (Å²) in [5, 5.41) is 3.55. The first kappa shape index (κ1) is 18.7. The third-order valence-corrected chi connectivity index (χ3v) is 4.90. The smallest absolute Gasteiger partial charge is 0.238 e. The number of hydrogen-bond acceptors (Lipinski definition) is 4. The summed E-state index contributed by atoms with van der Waals surface area (Å²) in [6, 6.07) is 14.5. The maximum Gasteiger partial charge on any atom is 0.238 e. The van der Waals surface area contributed by atoms with Gasteiger partial charge in [0.05, 0.1) is 6.54 Å². The van der Waals surface area contributed by atoms with Crippen LogP contribution < -0.4 is 15.8 Å². The Morgan fingerprint density at radius 1 is 1.27 bits per heavy atom. The molecule has 6 heteroatoms. The average Bonchev–Trinajstić information content (AvgIpc) is 2.98. The molecular formula is C20H24ClN3O2. The van der Waals surface area contributed by atoms with E-state index in [0.29, 0.717) is 29.6 Å². The molecule has 0 saturated carbocycles. The van der Waals surface area contributed by atoms with Gasteiger partial charge in [-0.25, -0.2) is 0 Å². The van der Waals surface area contributed by atoms with Crippen LogP contribution in [0.5, 0.6) is 11.5 Å². The molecule has 0 spiro atoms. The molecule has 3 N–H and O–H groups in total. The van der Waals surface area contributed by atoms with Crippen molar-refractivity contribution in [3.63, 3.8) is 0 Å². The van der Waals surface area contributed by atoms with Crippen LogP contribution in [0.3, 0.4) is 0 Å². The Kier molecular flexibility index (Phi) is 5.81. The lowest BCUT2D eigenvalue weighted by atomic mass is 9.90. The number of nitrogens with one attached hydrogen (secondary N) is 1. The second-order valence-electron chi connectivity index (χ2n) is 7.11. The van der Waals surface area contributed by atoms with Crippen LogP contribution in [-0.2, 0) is 4.79 Å². The summed E-state index contributed by atoms with van der Waals surface area (Å²) in [6.45, 7) is 4.98. The van der Waals surface area contributed by atoms with E-state index >= 15 is 0 Å². The molecule has 2 aromatic carbocycles. The largest absolute Gasteiger partial charge is 0.457 e. The van der Waals surface area contributed by atoms with Gasteiger partial charge in [0.2, 0.25) is 5.91 Å². The predicted octanol–water partition coefficient (Wildman–Crippen LogP) is 3.74. The normalized spacial score (nSPS) is 20.1. The second-order valence-corrected chi connectivity index (χ2v) is 7.54. The lowest BCUT2D eigenvalue weighted by Gasteiger charge is -2.22. The molecular weight excluding hydrogens is 350 g/mol. The molecule has 138 valence electrons. The minimum atomic E-state index is -0.0187. The van der Waals surface area contributed by atoms with E-state index in [-0.39, 0.29) is 11.3 Å². The van der Waals surface area contributed by atoms with Crippen LogP contribution in [0, 0.1) is 5.41 Å². The molecule has 1 saturated heterocycles.